The second-order valence-corrected chi connectivity index (χ2v) is 6.66. The van der Waals surface area contributed by atoms with Crippen LogP contribution in [0.5, 0.6) is 0 Å². The van der Waals surface area contributed by atoms with Crippen molar-refractivity contribution in [1.29, 1.82) is 0 Å². The lowest BCUT2D eigenvalue weighted by Crippen LogP contribution is -2.59. The third-order valence-corrected chi connectivity index (χ3v) is 3.75. The van der Waals surface area contributed by atoms with Crippen LogP contribution in [0.1, 0.15) is 34.6 Å². The standard InChI is InChI=1S/C15H31N3O3/c1-11(9-20-6)17-14(19)16-10-15(4,5)18-7-12(2)21-13(3)8-18/h11-13H,7-10H2,1-6H3,(H2,16,17,19). The number of rotatable bonds is 6. The number of hydrogen-bond acceptors (Lipinski definition) is 4. The minimum absolute atomic E-state index is 0.00143. The summed E-state index contributed by atoms with van der Waals surface area (Å²) in [4.78, 5) is 14.2. The normalized spacial score (nSPS) is 25.4. The molecular weight excluding hydrogens is 270 g/mol. The quantitative estimate of drug-likeness (QED) is 0.774. The molecule has 0 aromatic heterocycles. The van der Waals surface area contributed by atoms with Crippen molar-refractivity contribution in [2.45, 2.75) is 58.4 Å². The topological polar surface area (TPSA) is 62.8 Å². The van der Waals surface area contributed by atoms with E-state index in [2.05, 4.69) is 43.2 Å². The van der Waals surface area contributed by atoms with Crippen molar-refractivity contribution in [2.24, 2.45) is 0 Å². The lowest BCUT2D eigenvalue weighted by Gasteiger charge is -2.45. The van der Waals surface area contributed by atoms with Gasteiger partial charge in [0.05, 0.1) is 24.9 Å². The Kier molecular flexibility index (Phi) is 6.90. The number of methoxy groups -OCH3 is 1. The third kappa shape index (κ3) is 6.20. The molecule has 1 saturated heterocycles. The highest BCUT2D eigenvalue weighted by atomic mass is 16.5. The Hall–Kier alpha value is -0.850. The summed E-state index contributed by atoms with van der Waals surface area (Å²) in [6.45, 7) is 13.3. The smallest absolute Gasteiger partial charge is 0.315 e. The van der Waals surface area contributed by atoms with Crippen molar-refractivity contribution >= 4 is 6.03 Å². The van der Waals surface area contributed by atoms with Gasteiger partial charge in [-0.15, -0.1) is 0 Å². The zero-order chi connectivity index (χ0) is 16.0. The number of carbonyl (C=O) groups excluding carboxylic acids is 1. The van der Waals surface area contributed by atoms with Crippen molar-refractivity contribution in [2.75, 3.05) is 33.4 Å². The van der Waals surface area contributed by atoms with Crippen LogP contribution < -0.4 is 10.6 Å². The molecule has 6 heteroatoms. The molecule has 0 aromatic rings. The van der Waals surface area contributed by atoms with Crippen molar-refractivity contribution in [3.05, 3.63) is 0 Å². The number of carbonyl (C=O) groups is 1. The van der Waals surface area contributed by atoms with Gasteiger partial charge in [-0.25, -0.2) is 4.79 Å². The lowest BCUT2D eigenvalue weighted by molar-refractivity contribution is -0.0947. The molecule has 0 radical (unpaired) electrons. The first-order valence-corrected chi connectivity index (χ1v) is 7.68. The summed E-state index contributed by atoms with van der Waals surface area (Å²) in [5.41, 5.74) is -0.103. The molecule has 124 valence electrons. The van der Waals surface area contributed by atoms with Gasteiger partial charge in [0.15, 0.2) is 0 Å². The maximum absolute atomic E-state index is 11.9. The molecule has 3 atom stereocenters. The minimum Gasteiger partial charge on any atom is -0.383 e. The van der Waals surface area contributed by atoms with E-state index in [-0.39, 0.29) is 29.8 Å². The van der Waals surface area contributed by atoms with Gasteiger partial charge < -0.3 is 20.1 Å². The first-order chi connectivity index (χ1) is 9.74. The van der Waals surface area contributed by atoms with Crippen LogP contribution in [0.3, 0.4) is 0 Å². The number of nitrogens with zero attached hydrogens (tertiary/aromatic N) is 1. The number of morpholine rings is 1. The summed E-state index contributed by atoms with van der Waals surface area (Å²) < 4.78 is 10.8. The largest absolute Gasteiger partial charge is 0.383 e. The maximum atomic E-state index is 11.9. The number of amides is 2. The Labute approximate surface area is 128 Å². The monoisotopic (exact) mass is 301 g/mol. The van der Waals surface area contributed by atoms with E-state index >= 15 is 0 Å². The fraction of sp³-hybridized carbons (Fsp3) is 0.933. The average molecular weight is 301 g/mol. The number of nitrogens with one attached hydrogen (secondary N) is 2. The average Bonchev–Trinajstić information content (AvgIpc) is 2.35. The van der Waals surface area contributed by atoms with E-state index in [0.29, 0.717) is 13.2 Å². The summed E-state index contributed by atoms with van der Waals surface area (Å²) in [7, 11) is 1.62. The number of ether oxygens (including phenoxy) is 2. The molecule has 0 aliphatic carbocycles. The molecule has 1 aliphatic rings. The van der Waals surface area contributed by atoms with Crippen molar-refractivity contribution in [3.63, 3.8) is 0 Å². The molecule has 2 amide bonds. The molecule has 21 heavy (non-hydrogen) atoms. The van der Waals surface area contributed by atoms with E-state index in [0.717, 1.165) is 13.1 Å². The van der Waals surface area contributed by atoms with Gasteiger partial charge >= 0.3 is 6.03 Å². The van der Waals surface area contributed by atoms with Gasteiger partial charge in [-0.3, -0.25) is 4.90 Å². The highest BCUT2D eigenvalue weighted by molar-refractivity contribution is 5.74. The first-order valence-electron chi connectivity index (χ1n) is 7.68. The maximum Gasteiger partial charge on any atom is 0.315 e. The summed E-state index contributed by atoms with van der Waals surface area (Å²) >= 11 is 0. The van der Waals surface area contributed by atoms with Gasteiger partial charge in [0.25, 0.3) is 0 Å². The van der Waals surface area contributed by atoms with E-state index in [9.17, 15) is 4.79 Å². The van der Waals surface area contributed by atoms with Crippen LogP contribution in [0.15, 0.2) is 0 Å². The predicted octanol–water partition coefficient (Wildman–Crippen LogP) is 1.21. The Morgan fingerprint density at radius 3 is 2.48 bits per heavy atom. The van der Waals surface area contributed by atoms with Crippen LogP contribution in [0.25, 0.3) is 0 Å². The molecule has 1 heterocycles. The van der Waals surface area contributed by atoms with Gasteiger partial charge in [-0.1, -0.05) is 0 Å². The summed E-state index contributed by atoms with van der Waals surface area (Å²) in [6.07, 6.45) is 0.451. The van der Waals surface area contributed by atoms with Crippen LogP contribution in [-0.2, 0) is 9.47 Å². The van der Waals surface area contributed by atoms with Crippen LogP contribution in [0.4, 0.5) is 4.79 Å². The predicted molar refractivity (Wildman–Crippen MR) is 83.5 cm³/mol. The summed E-state index contributed by atoms with van der Waals surface area (Å²) in [5, 5.41) is 5.81. The molecule has 1 fully saturated rings. The third-order valence-electron chi connectivity index (χ3n) is 3.75. The zero-order valence-corrected chi connectivity index (χ0v) is 14.2. The molecule has 1 aliphatic heterocycles. The second-order valence-electron chi connectivity index (χ2n) is 6.66. The van der Waals surface area contributed by atoms with Crippen molar-refractivity contribution < 1.29 is 14.3 Å². The van der Waals surface area contributed by atoms with Crippen LogP contribution >= 0.6 is 0 Å². The van der Waals surface area contributed by atoms with Crippen LogP contribution in [0.2, 0.25) is 0 Å². The molecule has 0 aromatic carbocycles. The molecule has 0 bridgehead atoms. The minimum atomic E-state index is -0.151. The highest BCUT2D eigenvalue weighted by Gasteiger charge is 2.33. The zero-order valence-electron chi connectivity index (χ0n) is 14.2. The Bertz CT molecular complexity index is 326. The number of hydrogen-bond donors (Lipinski definition) is 2. The Morgan fingerprint density at radius 2 is 1.95 bits per heavy atom. The second kappa shape index (κ2) is 7.96. The van der Waals surface area contributed by atoms with E-state index in [1.807, 2.05) is 6.92 Å². The van der Waals surface area contributed by atoms with Gasteiger partial charge in [0, 0.05) is 32.3 Å². The fourth-order valence-electron chi connectivity index (χ4n) is 2.65. The van der Waals surface area contributed by atoms with E-state index in [1.54, 1.807) is 7.11 Å². The molecule has 1 rings (SSSR count). The van der Waals surface area contributed by atoms with Gasteiger partial charge in [-0.2, -0.15) is 0 Å². The molecular formula is C15H31N3O3. The molecule has 0 spiro atoms. The van der Waals surface area contributed by atoms with Crippen LogP contribution in [0, 0.1) is 0 Å². The number of urea groups is 1. The SMILES string of the molecule is COCC(C)NC(=O)NCC(C)(C)N1CC(C)OC(C)C1. The Morgan fingerprint density at radius 1 is 1.38 bits per heavy atom. The van der Waals surface area contributed by atoms with E-state index in [4.69, 9.17) is 9.47 Å². The lowest BCUT2D eigenvalue weighted by atomic mass is 10.00. The summed E-state index contributed by atoms with van der Waals surface area (Å²) in [5.74, 6) is 0. The van der Waals surface area contributed by atoms with Crippen molar-refractivity contribution in [1.82, 2.24) is 15.5 Å². The first kappa shape index (κ1) is 18.2. The van der Waals surface area contributed by atoms with Gasteiger partial charge in [-0.05, 0) is 34.6 Å². The van der Waals surface area contributed by atoms with Gasteiger partial charge in [0.1, 0.15) is 0 Å². The van der Waals surface area contributed by atoms with E-state index in [1.165, 1.54) is 0 Å². The molecule has 2 N–H and O–H groups in total. The molecule has 0 saturated carbocycles. The Balaban J connectivity index is 2.43. The summed E-state index contributed by atoms with van der Waals surface area (Å²) in [6, 6.07) is -0.150. The van der Waals surface area contributed by atoms with Crippen molar-refractivity contribution in [3.8, 4) is 0 Å². The highest BCUT2D eigenvalue weighted by Crippen LogP contribution is 2.20. The van der Waals surface area contributed by atoms with E-state index < -0.39 is 0 Å². The fourth-order valence-corrected chi connectivity index (χ4v) is 2.65. The molecule has 6 nitrogen and oxygen atoms in total. The van der Waals surface area contributed by atoms with Gasteiger partial charge in [0.2, 0.25) is 0 Å². The van der Waals surface area contributed by atoms with Crippen LogP contribution in [-0.4, -0.2) is 68.1 Å². The molecule has 3 unspecified atom stereocenters.